The maximum atomic E-state index is 13.0. The highest BCUT2D eigenvalue weighted by Crippen LogP contribution is 2.28. The van der Waals surface area contributed by atoms with Gasteiger partial charge in [-0.25, -0.2) is 4.39 Å². The molecule has 0 amide bonds. The molecule has 0 saturated heterocycles. The fourth-order valence-electron chi connectivity index (χ4n) is 0.819. The van der Waals surface area contributed by atoms with Crippen molar-refractivity contribution in [1.82, 2.24) is 0 Å². The highest BCUT2D eigenvalue weighted by molar-refractivity contribution is 7.98. The van der Waals surface area contributed by atoms with Gasteiger partial charge < -0.3 is 0 Å². The van der Waals surface area contributed by atoms with E-state index in [-0.39, 0.29) is 5.56 Å². The molecular formula is C8H5ClFNS. The molecule has 0 heterocycles. The summed E-state index contributed by atoms with van der Waals surface area (Å²) in [6, 6.07) is 4.46. The maximum Gasteiger partial charge on any atom is 0.139 e. The number of nitrogens with zero attached hydrogens (tertiary/aromatic N) is 1. The van der Waals surface area contributed by atoms with Crippen LogP contribution in [-0.4, -0.2) is 6.26 Å². The first-order chi connectivity index (χ1) is 5.69. The van der Waals surface area contributed by atoms with Crippen LogP contribution in [0.3, 0.4) is 0 Å². The van der Waals surface area contributed by atoms with Crippen molar-refractivity contribution in [3.05, 3.63) is 28.5 Å². The van der Waals surface area contributed by atoms with Gasteiger partial charge in [-0.05, 0) is 18.4 Å². The van der Waals surface area contributed by atoms with E-state index in [0.717, 1.165) is 0 Å². The van der Waals surface area contributed by atoms with Crippen LogP contribution >= 0.6 is 23.4 Å². The topological polar surface area (TPSA) is 23.8 Å². The Balaban J connectivity index is 3.30. The lowest BCUT2D eigenvalue weighted by atomic mass is 10.2. The molecule has 0 spiro atoms. The summed E-state index contributed by atoms with van der Waals surface area (Å²) in [5.74, 6) is -0.438. The summed E-state index contributed by atoms with van der Waals surface area (Å²) in [6.07, 6.45) is 1.73. The molecule has 0 N–H and O–H groups in total. The van der Waals surface area contributed by atoms with Gasteiger partial charge in [0.1, 0.15) is 5.82 Å². The van der Waals surface area contributed by atoms with Crippen LogP contribution in [0.4, 0.5) is 4.39 Å². The fraction of sp³-hybridized carbons (Fsp3) is 0.125. The summed E-state index contributed by atoms with van der Waals surface area (Å²) in [7, 11) is 0. The van der Waals surface area contributed by atoms with Crippen LogP contribution in [0.25, 0.3) is 0 Å². The van der Waals surface area contributed by atoms with Crippen molar-refractivity contribution in [1.29, 1.82) is 5.26 Å². The van der Waals surface area contributed by atoms with E-state index in [2.05, 4.69) is 0 Å². The molecule has 0 aliphatic heterocycles. The zero-order chi connectivity index (χ0) is 9.14. The van der Waals surface area contributed by atoms with E-state index < -0.39 is 5.82 Å². The number of rotatable bonds is 1. The van der Waals surface area contributed by atoms with E-state index in [1.807, 2.05) is 6.07 Å². The van der Waals surface area contributed by atoms with Crippen LogP contribution in [0, 0.1) is 17.1 Å². The maximum absolute atomic E-state index is 13.0. The summed E-state index contributed by atoms with van der Waals surface area (Å²) in [4.78, 5) is 0.385. The number of hydrogen-bond donors (Lipinski definition) is 0. The standard InChI is InChI=1S/C8H5ClFNS/c1-12-8-6(9)2-5(4-11)3-7(8)10/h2-3H,1H3. The molecule has 0 saturated carbocycles. The molecule has 0 aliphatic rings. The fourth-order valence-corrected chi connectivity index (χ4v) is 1.77. The number of halogens is 2. The van der Waals surface area contributed by atoms with E-state index in [0.29, 0.717) is 9.92 Å². The third-order valence-corrected chi connectivity index (χ3v) is 2.56. The average molecular weight is 202 g/mol. The predicted octanol–water partition coefficient (Wildman–Crippen LogP) is 3.07. The van der Waals surface area contributed by atoms with Gasteiger partial charge in [0.15, 0.2) is 0 Å². The molecule has 1 aromatic carbocycles. The highest BCUT2D eigenvalue weighted by atomic mass is 35.5. The number of thioether (sulfide) groups is 1. The predicted molar refractivity (Wildman–Crippen MR) is 47.9 cm³/mol. The monoisotopic (exact) mass is 201 g/mol. The molecule has 0 unspecified atom stereocenters. The van der Waals surface area contributed by atoms with Gasteiger partial charge in [-0.2, -0.15) is 5.26 Å². The molecular weight excluding hydrogens is 197 g/mol. The van der Waals surface area contributed by atoms with Gasteiger partial charge in [0, 0.05) is 0 Å². The molecule has 0 radical (unpaired) electrons. The summed E-state index contributed by atoms with van der Waals surface area (Å²) in [6.45, 7) is 0. The van der Waals surface area contributed by atoms with E-state index in [1.165, 1.54) is 23.9 Å². The van der Waals surface area contributed by atoms with Crippen LogP contribution in [0.5, 0.6) is 0 Å². The van der Waals surface area contributed by atoms with Crippen molar-refractivity contribution in [3.8, 4) is 6.07 Å². The largest absolute Gasteiger partial charge is 0.206 e. The lowest BCUT2D eigenvalue weighted by Crippen LogP contribution is -1.84. The first-order valence-corrected chi connectivity index (χ1v) is 4.72. The lowest BCUT2D eigenvalue weighted by Gasteiger charge is -2.01. The lowest BCUT2D eigenvalue weighted by molar-refractivity contribution is 0.602. The zero-order valence-corrected chi connectivity index (χ0v) is 7.84. The molecule has 0 bridgehead atoms. The van der Waals surface area contributed by atoms with Crippen LogP contribution < -0.4 is 0 Å². The van der Waals surface area contributed by atoms with Crippen LogP contribution in [0.15, 0.2) is 17.0 Å². The summed E-state index contributed by atoms with van der Waals surface area (Å²) in [5.41, 5.74) is 0.246. The Labute approximate surface area is 79.1 Å². The van der Waals surface area contributed by atoms with Crippen LogP contribution in [0.1, 0.15) is 5.56 Å². The quantitative estimate of drug-likeness (QED) is 0.652. The minimum atomic E-state index is -0.438. The molecule has 1 nitrogen and oxygen atoms in total. The zero-order valence-electron chi connectivity index (χ0n) is 6.27. The molecule has 0 aromatic heterocycles. The van der Waals surface area contributed by atoms with Crippen molar-refractivity contribution in [2.45, 2.75) is 4.90 Å². The first-order valence-electron chi connectivity index (χ1n) is 3.12. The van der Waals surface area contributed by atoms with Gasteiger partial charge in [0.25, 0.3) is 0 Å². The second-order valence-corrected chi connectivity index (χ2v) is 3.31. The minimum Gasteiger partial charge on any atom is -0.206 e. The Kier molecular flexibility index (Phi) is 2.96. The van der Waals surface area contributed by atoms with Crippen molar-refractivity contribution >= 4 is 23.4 Å². The minimum absolute atomic E-state index is 0.246. The third-order valence-electron chi connectivity index (χ3n) is 1.33. The van der Waals surface area contributed by atoms with Gasteiger partial charge >= 0.3 is 0 Å². The first kappa shape index (κ1) is 9.37. The Morgan fingerprint density at radius 3 is 2.67 bits per heavy atom. The highest BCUT2D eigenvalue weighted by Gasteiger charge is 2.07. The summed E-state index contributed by atoms with van der Waals surface area (Å²) < 4.78 is 13.0. The molecule has 62 valence electrons. The Hall–Kier alpha value is -0.720. The van der Waals surface area contributed by atoms with Crippen molar-refractivity contribution in [3.63, 3.8) is 0 Å². The second kappa shape index (κ2) is 3.79. The normalized spacial score (nSPS) is 9.50. The van der Waals surface area contributed by atoms with E-state index >= 15 is 0 Å². The molecule has 0 fully saturated rings. The van der Waals surface area contributed by atoms with Crippen molar-refractivity contribution in [2.75, 3.05) is 6.26 Å². The van der Waals surface area contributed by atoms with Gasteiger partial charge in [-0.3, -0.25) is 0 Å². The summed E-state index contributed by atoms with van der Waals surface area (Å²) in [5, 5.41) is 8.76. The molecule has 0 aliphatic carbocycles. The molecule has 1 rings (SSSR count). The van der Waals surface area contributed by atoms with Gasteiger partial charge in [-0.1, -0.05) is 11.6 Å². The number of nitriles is 1. The molecule has 4 heteroatoms. The number of hydrogen-bond acceptors (Lipinski definition) is 2. The van der Waals surface area contributed by atoms with Crippen molar-refractivity contribution < 1.29 is 4.39 Å². The third kappa shape index (κ3) is 1.71. The number of benzene rings is 1. The van der Waals surface area contributed by atoms with Crippen LogP contribution in [-0.2, 0) is 0 Å². The van der Waals surface area contributed by atoms with E-state index in [9.17, 15) is 4.39 Å². The van der Waals surface area contributed by atoms with Crippen molar-refractivity contribution in [2.24, 2.45) is 0 Å². The van der Waals surface area contributed by atoms with Crippen LogP contribution in [0.2, 0.25) is 5.02 Å². The average Bonchev–Trinajstić information content (AvgIpc) is 2.03. The smallest absolute Gasteiger partial charge is 0.139 e. The molecule has 1 aromatic rings. The molecule has 12 heavy (non-hydrogen) atoms. The Morgan fingerprint density at radius 2 is 2.25 bits per heavy atom. The second-order valence-electron chi connectivity index (χ2n) is 2.08. The van der Waals surface area contributed by atoms with Gasteiger partial charge in [-0.15, -0.1) is 11.8 Å². The molecule has 0 atom stereocenters. The Bertz CT molecular complexity index is 322. The van der Waals surface area contributed by atoms with E-state index in [1.54, 1.807) is 6.26 Å². The SMILES string of the molecule is CSc1c(F)cc(C#N)cc1Cl. The van der Waals surface area contributed by atoms with Gasteiger partial charge in [0.2, 0.25) is 0 Å². The van der Waals surface area contributed by atoms with E-state index in [4.69, 9.17) is 16.9 Å². The van der Waals surface area contributed by atoms with Gasteiger partial charge in [0.05, 0.1) is 21.6 Å². The summed E-state index contributed by atoms with van der Waals surface area (Å²) >= 11 is 6.93. The Morgan fingerprint density at radius 1 is 1.58 bits per heavy atom.